The van der Waals surface area contributed by atoms with E-state index in [1.807, 2.05) is 14.0 Å². The van der Waals surface area contributed by atoms with Gasteiger partial charge in [0, 0.05) is 12.0 Å². The summed E-state index contributed by atoms with van der Waals surface area (Å²) in [4.78, 5) is 0. The Balaban J connectivity index is 2.77. The van der Waals surface area contributed by atoms with Crippen molar-refractivity contribution < 1.29 is 0 Å². The number of rotatable bonds is 4. The summed E-state index contributed by atoms with van der Waals surface area (Å²) < 4.78 is 0. The fraction of sp³-hybridized carbons (Fsp3) is 0.778. The smallest absolute Gasteiger partial charge is 0.122 e. The predicted octanol–water partition coefficient (Wildman–Crippen LogP) is 1.95. The van der Waals surface area contributed by atoms with Crippen LogP contribution in [0.1, 0.15) is 36.2 Å². The van der Waals surface area contributed by atoms with Crippen LogP contribution in [0.5, 0.6) is 0 Å². The predicted molar refractivity (Wildman–Crippen MR) is 56.2 cm³/mol. The summed E-state index contributed by atoms with van der Waals surface area (Å²) in [5.41, 5.74) is 0. The molecule has 0 saturated heterocycles. The molecule has 74 valence electrons. The summed E-state index contributed by atoms with van der Waals surface area (Å²) in [6, 6.07) is 0.470. The molecule has 1 heterocycles. The molecule has 0 aliphatic carbocycles. The standard InChI is InChI=1S/C9H17N3S/c1-5-8(6(2)10-4)9-12-11-7(3)13-9/h6,8,10H,5H2,1-4H3. The molecule has 2 unspecified atom stereocenters. The van der Waals surface area contributed by atoms with Crippen molar-refractivity contribution in [3.05, 3.63) is 10.0 Å². The van der Waals surface area contributed by atoms with Gasteiger partial charge in [0.05, 0.1) is 0 Å². The summed E-state index contributed by atoms with van der Waals surface area (Å²) in [5, 5.41) is 13.7. The third kappa shape index (κ3) is 2.48. The minimum absolute atomic E-state index is 0.470. The number of hydrogen-bond donors (Lipinski definition) is 1. The molecule has 0 saturated carbocycles. The first-order chi connectivity index (χ1) is 6.19. The number of aromatic nitrogens is 2. The van der Waals surface area contributed by atoms with Crippen LogP contribution in [0, 0.1) is 6.92 Å². The molecule has 0 aliphatic rings. The molecular weight excluding hydrogens is 182 g/mol. The van der Waals surface area contributed by atoms with Gasteiger partial charge in [-0.3, -0.25) is 0 Å². The van der Waals surface area contributed by atoms with E-state index in [9.17, 15) is 0 Å². The fourth-order valence-corrected chi connectivity index (χ4v) is 2.39. The van der Waals surface area contributed by atoms with Crippen molar-refractivity contribution in [1.82, 2.24) is 15.5 Å². The van der Waals surface area contributed by atoms with Gasteiger partial charge in [0.15, 0.2) is 0 Å². The lowest BCUT2D eigenvalue weighted by Crippen LogP contribution is -2.28. The second kappa shape index (κ2) is 4.67. The van der Waals surface area contributed by atoms with Gasteiger partial charge in [-0.15, -0.1) is 21.5 Å². The Morgan fingerprint density at radius 1 is 1.46 bits per heavy atom. The Kier molecular flexibility index (Phi) is 3.81. The van der Waals surface area contributed by atoms with E-state index in [-0.39, 0.29) is 0 Å². The Labute approximate surface area is 83.6 Å². The maximum absolute atomic E-state index is 4.18. The quantitative estimate of drug-likeness (QED) is 0.805. The van der Waals surface area contributed by atoms with Crippen molar-refractivity contribution in [2.75, 3.05) is 7.05 Å². The van der Waals surface area contributed by atoms with Crippen LogP contribution in [0.3, 0.4) is 0 Å². The summed E-state index contributed by atoms with van der Waals surface area (Å²) in [7, 11) is 1.99. The third-order valence-corrected chi connectivity index (χ3v) is 3.33. The van der Waals surface area contributed by atoms with E-state index < -0.39 is 0 Å². The summed E-state index contributed by atoms with van der Waals surface area (Å²) >= 11 is 1.70. The molecule has 0 radical (unpaired) electrons. The van der Waals surface area contributed by atoms with Crippen LogP contribution in [0.15, 0.2) is 0 Å². The van der Waals surface area contributed by atoms with E-state index in [1.54, 1.807) is 11.3 Å². The summed E-state index contributed by atoms with van der Waals surface area (Å²) in [6.07, 6.45) is 1.11. The van der Waals surface area contributed by atoms with Gasteiger partial charge in [-0.1, -0.05) is 6.92 Å². The van der Waals surface area contributed by atoms with Crippen molar-refractivity contribution in [1.29, 1.82) is 0 Å². The number of nitrogens with zero attached hydrogens (tertiary/aromatic N) is 2. The van der Waals surface area contributed by atoms with Gasteiger partial charge in [-0.05, 0) is 27.3 Å². The van der Waals surface area contributed by atoms with Gasteiger partial charge in [-0.2, -0.15) is 0 Å². The van der Waals surface area contributed by atoms with Crippen LogP contribution in [-0.4, -0.2) is 23.3 Å². The zero-order valence-corrected chi connectivity index (χ0v) is 9.48. The van der Waals surface area contributed by atoms with Crippen molar-refractivity contribution >= 4 is 11.3 Å². The Bertz CT molecular complexity index is 259. The molecule has 1 aromatic rings. The minimum Gasteiger partial charge on any atom is -0.317 e. The Morgan fingerprint density at radius 2 is 2.15 bits per heavy atom. The van der Waals surface area contributed by atoms with Crippen molar-refractivity contribution in [2.45, 2.75) is 39.2 Å². The van der Waals surface area contributed by atoms with Crippen molar-refractivity contribution in [2.24, 2.45) is 0 Å². The molecule has 2 atom stereocenters. The lowest BCUT2D eigenvalue weighted by atomic mass is 9.99. The highest BCUT2D eigenvalue weighted by molar-refractivity contribution is 7.11. The van der Waals surface area contributed by atoms with Gasteiger partial charge in [-0.25, -0.2) is 0 Å². The largest absolute Gasteiger partial charge is 0.317 e. The van der Waals surface area contributed by atoms with Crippen molar-refractivity contribution in [3.8, 4) is 0 Å². The van der Waals surface area contributed by atoms with E-state index in [1.165, 1.54) is 0 Å². The van der Waals surface area contributed by atoms with E-state index >= 15 is 0 Å². The maximum Gasteiger partial charge on any atom is 0.122 e. The van der Waals surface area contributed by atoms with Crippen LogP contribution in [0.25, 0.3) is 0 Å². The topological polar surface area (TPSA) is 37.8 Å². The lowest BCUT2D eigenvalue weighted by Gasteiger charge is -2.18. The van der Waals surface area contributed by atoms with Gasteiger partial charge >= 0.3 is 0 Å². The molecule has 0 bridgehead atoms. The number of aryl methyl sites for hydroxylation is 1. The molecule has 0 aromatic carbocycles. The van der Waals surface area contributed by atoms with E-state index in [2.05, 4.69) is 29.4 Å². The third-order valence-electron chi connectivity index (χ3n) is 2.36. The van der Waals surface area contributed by atoms with Crippen molar-refractivity contribution in [3.63, 3.8) is 0 Å². The van der Waals surface area contributed by atoms with Gasteiger partial charge in [0.1, 0.15) is 10.0 Å². The molecule has 1 N–H and O–H groups in total. The number of hydrogen-bond acceptors (Lipinski definition) is 4. The van der Waals surface area contributed by atoms with E-state index in [4.69, 9.17) is 0 Å². The molecule has 0 aliphatic heterocycles. The normalized spacial score (nSPS) is 15.7. The SMILES string of the molecule is CCC(c1nnc(C)s1)C(C)NC. The average molecular weight is 199 g/mol. The van der Waals surface area contributed by atoms with Crippen LogP contribution >= 0.6 is 11.3 Å². The highest BCUT2D eigenvalue weighted by Crippen LogP contribution is 2.25. The molecular formula is C9H17N3S. The molecule has 1 aromatic heterocycles. The first kappa shape index (κ1) is 10.6. The Morgan fingerprint density at radius 3 is 2.54 bits per heavy atom. The number of likely N-dealkylation sites (N-methyl/N-ethyl adjacent to an activating group) is 1. The highest BCUT2D eigenvalue weighted by atomic mass is 32.1. The molecule has 1 rings (SSSR count). The summed E-state index contributed by atoms with van der Waals surface area (Å²) in [5.74, 6) is 0.496. The second-order valence-corrected chi connectivity index (χ2v) is 4.46. The first-order valence-corrected chi connectivity index (χ1v) is 5.48. The van der Waals surface area contributed by atoms with Crippen LogP contribution in [0.2, 0.25) is 0 Å². The molecule has 3 nitrogen and oxygen atoms in total. The zero-order valence-electron chi connectivity index (χ0n) is 8.66. The molecule has 0 amide bonds. The monoisotopic (exact) mass is 199 g/mol. The van der Waals surface area contributed by atoms with Gasteiger partial charge < -0.3 is 5.32 Å². The van der Waals surface area contributed by atoms with Crippen LogP contribution < -0.4 is 5.32 Å². The molecule has 0 fully saturated rings. The fourth-order valence-electron chi connectivity index (χ4n) is 1.40. The molecule has 4 heteroatoms. The van der Waals surface area contributed by atoms with Crippen LogP contribution in [0.4, 0.5) is 0 Å². The summed E-state index contributed by atoms with van der Waals surface area (Å²) in [6.45, 7) is 6.37. The minimum atomic E-state index is 0.470. The molecule has 0 spiro atoms. The van der Waals surface area contributed by atoms with E-state index in [0.717, 1.165) is 16.4 Å². The second-order valence-electron chi connectivity index (χ2n) is 3.25. The first-order valence-electron chi connectivity index (χ1n) is 4.66. The van der Waals surface area contributed by atoms with Gasteiger partial charge in [0.25, 0.3) is 0 Å². The lowest BCUT2D eigenvalue weighted by molar-refractivity contribution is 0.479. The maximum atomic E-state index is 4.18. The Hall–Kier alpha value is -0.480. The van der Waals surface area contributed by atoms with E-state index in [0.29, 0.717) is 12.0 Å². The highest BCUT2D eigenvalue weighted by Gasteiger charge is 2.19. The number of nitrogens with one attached hydrogen (secondary N) is 1. The van der Waals surface area contributed by atoms with Gasteiger partial charge in [0.2, 0.25) is 0 Å². The zero-order chi connectivity index (χ0) is 9.84. The average Bonchev–Trinajstić information content (AvgIpc) is 2.53. The van der Waals surface area contributed by atoms with Crippen LogP contribution in [-0.2, 0) is 0 Å². The molecule has 13 heavy (non-hydrogen) atoms.